The van der Waals surface area contributed by atoms with E-state index < -0.39 is 11.6 Å². The third-order valence-electron chi connectivity index (χ3n) is 1.85. The lowest BCUT2D eigenvalue weighted by molar-refractivity contribution is -0.870. The van der Waals surface area contributed by atoms with Crippen LogP contribution in [0.1, 0.15) is 20.8 Å². The van der Waals surface area contributed by atoms with E-state index in [1.807, 2.05) is 0 Å². The molecule has 0 heterocycles. The molecule has 96 valence electrons. The van der Waals surface area contributed by atoms with Gasteiger partial charge in [-0.3, -0.25) is 0 Å². The number of likely N-dealkylation sites (N-methyl/N-ethyl adjacent to an activating group) is 1. The lowest BCUT2D eigenvalue weighted by Gasteiger charge is -2.21. The summed E-state index contributed by atoms with van der Waals surface area (Å²) in [5.74, 6) is 0. The van der Waals surface area contributed by atoms with E-state index in [0.29, 0.717) is 0 Å². The SMILES string of the molecule is CC(O)C(C)(C)N.C[N+](C)(C)CCO.O. The highest BCUT2D eigenvalue weighted by Gasteiger charge is 2.16. The zero-order chi connectivity index (χ0) is 12.0. The predicted octanol–water partition coefficient (Wildman–Crippen LogP) is -1.04. The van der Waals surface area contributed by atoms with Crippen LogP contribution in [0, 0.1) is 0 Å². The first-order valence-corrected chi connectivity index (χ1v) is 4.89. The average molecular weight is 225 g/mol. The van der Waals surface area contributed by atoms with Crippen LogP contribution in [0.25, 0.3) is 0 Å². The fraction of sp³-hybridized carbons (Fsp3) is 1.00. The molecule has 0 amide bonds. The minimum Gasteiger partial charge on any atom is -0.412 e. The van der Waals surface area contributed by atoms with E-state index in [1.54, 1.807) is 20.8 Å². The van der Waals surface area contributed by atoms with Crippen molar-refractivity contribution in [3.63, 3.8) is 0 Å². The summed E-state index contributed by atoms with van der Waals surface area (Å²) in [6, 6.07) is 0. The van der Waals surface area contributed by atoms with Gasteiger partial charge in [0.05, 0.1) is 33.9 Å². The molecule has 0 fully saturated rings. The van der Waals surface area contributed by atoms with Gasteiger partial charge in [-0.1, -0.05) is 0 Å². The van der Waals surface area contributed by atoms with E-state index in [9.17, 15) is 0 Å². The summed E-state index contributed by atoms with van der Waals surface area (Å²) in [5.41, 5.74) is 4.98. The molecule has 6 N–H and O–H groups in total. The van der Waals surface area contributed by atoms with Crippen molar-refractivity contribution in [3.8, 4) is 0 Å². The van der Waals surface area contributed by atoms with Crippen LogP contribution in [0.4, 0.5) is 0 Å². The van der Waals surface area contributed by atoms with Crippen LogP contribution in [0.2, 0.25) is 0 Å². The third kappa shape index (κ3) is 20.0. The van der Waals surface area contributed by atoms with Crippen LogP contribution in [0.15, 0.2) is 0 Å². The van der Waals surface area contributed by atoms with Crippen LogP contribution >= 0.6 is 0 Å². The number of rotatable bonds is 3. The van der Waals surface area contributed by atoms with E-state index in [4.69, 9.17) is 15.9 Å². The number of nitrogens with two attached hydrogens (primary N) is 1. The molecule has 1 unspecified atom stereocenters. The summed E-state index contributed by atoms with van der Waals surface area (Å²) in [7, 11) is 6.16. The first-order chi connectivity index (χ1) is 6.00. The van der Waals surface area contributed by atoms with Crippen molar-refractivity contribution in [2.45, 2.75) is 32.4 Å². The van der Waals surface area contributed by atoms with Gasteiger partial charge in [-0.15, -0.1) is 0 Å². The molecule has 0 aromatic rings. The number of hydrogen-bond donors (Lipinski definition) is 3. The number of aliphatic hydroxyl groups is 2. The Labute approximate surface area is 93.4 Å². The highest BCUT2D eigenvalue weighted by molar-refractivity contribution is 4.77. The van der Waals surface area contributed by atoms with Crippen LogP contribution in [-0.4, -0.2) is 66.1 Å². The van der Waals surface area contributed by atoms with Crippen molar-refractivity contribution in [1.29, 1.82) is 0 Å². The smallest absolute Gasteiger partial charge is 0.101 e. The fourth-order valence-corrected chi connectivity index (χ4v) is 0.300. The molecular formula is C10H29N2O3+. The third-order valence-corrected chi connectivity index (χ3v) is 1.85. The standard InChI is InChI=1S/C5H14NO.C5H13NO.H2O/c1-6(2,3)4-5-7;1-4(7)5(2,3)6;/h7H,4-5H2,1-3H3;4,7H,6H2,1-3H3;1H2/q+1;;. The van der Waals surface area contributed by atoms with Gasteiger partial charge in [-0.25, -0.2) is 0 Å². The Morgan fingerprint density at radius 2 is 1.53 bits per heavy atom. The Kier molecular flexibility index (Phi) is 10.8. The molecule has 0 saturated carbocycles. The molecule has 0 rings (SSSR count). The van der Waals surface area contributed by atoms with Crippen molar-refractivity contribution >= 4 is 0 Å². The highest BCUT2D eigenvalue weighted by atomic mass is 16.3. The van der Waals surface area contributed by atoms with Gasteiger partial charge in [0.25, 0.3) is 0 Å². The van der Waals surface area contributed by atoms with Crippen LogP contribution in [-0.2, 0) is 0 Å². The summed E-state index contributed by atoms with van der Waals surface area (Å²) in [4.78, 5) is 0. The average Bonchev–Trinajstić information content (AvgIpc) is 1.82. The maximum atomic E-state index is 8.76. The predicted molar refractivity (Wildman–Crippen MR) is 63.5 cm³/mol. The molecule has 0 radical (unpaired) electrons. The molecule has 1 atom stereocenters. The summed E-state index contributed by atoms with van der Waals surface area (Å²) in [6.07, 6.45) is -0.424. The highest BCUT2D eigenvalue weighted by Crippen LogP contribution is 2.01. The zero-order valence-electron chi connectivity index (χ0n) is 10.9. The Bertz CT molecular complexity index is 137. The molecule has 0 aliphatic carbocycles. The maximum Gasteiger partial charge on any atom is 0.101 e. The van der Waals surface area contributed by atoms with Crippen molar-refractivity contribution in [2.75, 3.05) is 34.3 Å². The lowest BCUT2D eigenvalue weighted by atomic mass is 10.0. The first-order valence-electron chi connectivity index (χ1n) is 4.89. The normalized spacial score (nSPS) is 13.4. The second kappa shape index (κ2) is 8.01. The molecule has 0 aromatic carbocycles. The molecular weight excluding hydrogens is 196 g/mol. The Morgan fingerprint density at radius 1 is 1.27 bits per heavy atom. The summed E-state index contributed by atoms with van der Waals surface area (Å²) in [5, 5.41) is 17.2. The molecule has 0 aliphatic rings. The minimum atomic E-state index is -0.444. The molecule has 0 bridgehead atoms. The van der Waals surface area contributed by atoms with Crippen molar-refractivity contribution in [3.05, 3.63) is 0 Å². The van der Waals surface area contributed by atoms with E-state index >= 15 is 0 Å². The second-order valence-corrected chi connectivity index (χ2v) is 5.23. The molecule has 0 aliphatic heterocycles. The number of hydrogen-bond acceptors (Lipinski definition) is 3. The molecule has 0 saturated heterocycles. The van der Waals surface area contributed by atoms with E-state index in [0.717, 1.165) is 11.0 Å². The van der Waals surface area contributed by atoms with Gasteiger partial charge < -0.3 is 25.9 Å². The largest absolute Gasteiger partial charge is 0.412 e. The quantitative estimate of drug-likeness (QED) is 0.535. The van der Waals surface area contributed by atoms with Crippen molar-refractivity contribution < 1.29 is 20.2 Å². The number of aliphatic hydroxyl groups excluding tert-OH is 2. The van der Waals surface area contributed by atoms with Gasteiger partial charge >= 0.3 is 0 Å². The van der Waals surface area contributed by atoms with Crippen molar-refractivity contribution in [1.82, 2.24) is 0 Å². The van der Waals surface area contributed by atoms with E-state index in [1.165, 1.54) is 0 Å². The summed E-state index contributed by atoms with van der Waals surface area (Å²) >= 11 is 0. The van der Waals surface area contributed by atoms with Gasteiger partial charge in [0.2, 0.25) is 0 Å². The van der Waals surface area contributed by atoms with E-state index in [-0.39, 0.29) is 12.1 Å². The van der Waals surface area contributed by atoms with Crippen LogP contribution < -0.4 is 5.73 Å². The van der Waals surface area contributed by atoms with Gasteiger partial charge in [0.15, 0.2) is 0 Å². The maximum absolute atomic E-state index is 8.76. The Hall–Kier alpha value is -0.200. The van der Waals surface area contributed by atoms with Gasteiger partial charge in [0, 0.05) is 5.54 Å². The molecule has 15 heavy (non-hydrogen) atoms. The molecule has 5 heteroatoms. The van der Waals surface area contributed by atoms with Gasteiger partial charge in [-0.05, 0) is 20.8 Å². The minimum absolute atomic E-state index is 0. The van der Waals surface area contributed by atoms with Gasteiger partial charge in [-0.2, -0.15) is 0 Å². The lowest BCUT2D eigenvalue weighted by Crippen LogP contribution is -2.43. The summed E-state index contributed by atoms with van der Waals surface area (Å²) < 4.78 is 0.844. The first kappa shape index (κ1) is 20.2. The molecule has 5 nitrogen and oxygen atoms in total. The van der Waals surface area contributed by atoms with Gasteiger partial charge in [0.1, 0.15) is 6.54 Å². The molecule has 0 spiro atoms. The summed E-state index contributed by atoms with van der Waals surface area (Å²) in [6.45, 7) is 6.37. The zero-order valence-corrected chi connectivity index (χ0v) is 10.9. The fourth-order valence-electron chi connectivity index (χ4n) is 0.300. The van der Waals surface area contributed by atoms with Crippen molar-refractivity contribution in [2.24, 2.45) is 5.73 Å². The topological polar surface area (TPSA) is 98.0 Å². The van der Waals surface area contributed by atoms with E-state index in [2.05, 4.69) is 21.1 Å². The van der Waals surface area contributed by atoms with Crippen LogP contribution in [0.5, 0.6) is 0 Å². The second-order valence-electron chi connectivity index (χ2n) is 5.23. The number of nitrogens with zero attached hydrogens (tertiary/aromatic N) is 1. The van der Waals surface area contributed by atoms with Crippen LogP contribution in [0.3, 0.4) is 0 Å². The Morgan fingerprint density at radius 3 is 1.53 bits per heavy atom. The monoisotopic (exact) mass is 225 g/mol. The number of quaternary nitrogens is 1. The molecule has 0 aromatic heterocycles. The Balaban J connectivity index is -0.000000180.